The third-order valence-corrected chi connectivity index (χ3v) is 4.10. The van der Waals surface area contributed by atoms with Crippen LogP contribution in [0.5, 0.6) is 0 Å². The molecule has 0 radical (unpaired) electrons. The molecule has 5 heteroatoms. The Kier molecular flexibility index (Phi) is 4.25. The van der Waals surface area contributed by atoms with Crippen LogP contribution in [0.2, 0.25) is 5.02 Å². The number of aromatic nitrogens is 2. The Hall–Kier alpha value is -1.81. The number of nitrogens with one attached hydrogen (secondary N) is 1. The van der Waals surface area contributed by atoms with Gasteiger partial charge in [-0.2, -0.15) is 5.10 Å². The van der Waals surface area contributed by atoms with Crippen molar-refractivity contribution in [3.63, 3.8) is 0 Å². The maximum atomic E-state index is 12.1. The van der Waals surface area contributed by atoms with E-state index in [1.165, 1.54) is 0 Å². The summed E-state index contributed by atoms with van der Waals surface area (Å²) in [5.41, 5.74) is 1.84. The van der Waals surface area contributed by atoms with Crippen LogP contribution in [-0.2, 0) is 11.3 Å². The topological polar surface area (TPSA) is 46.9 Å². The van der Waals surface area contributed by atoms with Crippen LogP contribution in [0.3, 0.4) is 0 Å². The van der Waals surface area contributed by atoms with Gasteiger partial charge in [0.15, 0.2) is 0 Å². The summed E-state index contributed by atoms with van der Waals surface area (Å²) in [7, 11) is 0. The van der Waals surface area contributed by atoms with Crippen molar-refractivity contribution in [3.8, 4) is 0 Å². The summed E-state index contributed by atoms with van der Waals surface area (Å²) in [6, 6.07) is 7.69. The summed E-state index contributed by atoms with van der Waals surface area (Å²) < 4.78 is 1.80. The minimum absolute atomic E-state index is 0.120. The molecule has 3 rings (SSSR count). The fourth-order valence-corrected chi connectivity index (χ4v) is 2.98. The zero-order chi connectivity index (χ0) is 14.7. The lowest BCUT2D eigenvalue weighted by Gasteiger charge is -2.08. The van der Waals surface area contributed by atoms with E-state index >= 15 is 0 Å². The molecule has 0 aliphatic heterocycles. The minimum Gasteiger partial charge on any atom is -0.323 e. The Balaban J connectivity index is 1.62. The van der Waals surface area contributed by atoms with Crippen LogP contribution in [0.1, 0.15) is 31.2 Å². The van der Waals surface area contributed by atoms with Gasteiger partial charge in [0, 0.05) is 17.1 Å². The van der Waals surface area contributed by atoms with Gasteiger partial charge in [-0.1, -0.05) is 36.6 Å². The molecular weight excluding hydrogens is 286 g/mol. The molecule has 0 atom stereocenters. The molecule has 0 spiro atoms. The molecule has 0 unspecified atom stereocenters. The van der Waals surface area contributed by atoms with Gasteiger partial charge in [0.25, 0.3) is 0 Å². The molecule has 1 aliphatic rings. The average molecular weight is 304 g/mol. The van der Waals surface area contributed by atoms with Gasteiger partial charge >= 0.3 is 0 Å². The monoisotopic (exact) mass is 303 g/mol. The van der Waals surface area contributed by atoms with E-state index in [0.29, 0.717) is 6.54 Å². The van der Waals surface area contributed by atoms with Gasteiger partial charge < -0.3 is 5.32 Å². The second kappa shape index (κ2) is 6.31. The Morgan fingerprint density at radius 2 is 2.19 bits per heavy atom. The highest BCUT2D eigenvalue weighted by molar-refractivity contribution is 6.30. The van der Waals surface area contributed by atoms with Crippen LogP contribution in [0.15, 0.2) is 36.7 Å². The highest BCUT2D eigenvalue weighted by Gasteiger charge is 2.22. The van der Waals surface area contributed by atoms with Gasteiger partial charge in [-0.3, -0.25) is 9.48 Å². The van der Waals surface area contributed by atoms with Crippen LogP contribution in [0, 0.1) is 5.92 Å². The van der Waals surface area contributed by atoms with Crippen LogP contribution in [0.25, 0.3) is 0 Å². The molecule has 1 aliphatic carbocycles. The molecule has 2 aromatic rings. The third-order valence-electron chi connectivity index (χ3n) is 3.86. The number of rotatable bonds is 4. The Bertz CT molecular complexity index is 632. The Morgan fingerprint density at radius 3 is 2.95 bits per heavy atom. The first-order chi connectivity index (χ1) is 10.2. The first kappa shape index (κ1) is 14.1. The maximum absolute atomic E-state index is 12.1. The molecule has 21 heavy (non-hydrogen) atoms. The predicted molar refractivity (Wildman–Crippen MR) is 83.4 cm³/mol. The number of hydrogen-bond donors (Lipinski definition) is 1. The number of carbonyl (C=O) groups is 1. The molecule has 0 bridgehead atoms. The highest BCUT2D eigenvalue weighted by atomic mass is 35.5. The third kappa shape index (κ3) is 3.64. The highest BCUT2D eigenvalue weighted by Crippen LogP contribution is 2.25. The van der Waals surface area contributed by atoms with Gasteiger partial charge in [0.1, 0.15) is 0 Å². The van der Waals surface area contributed by atoms with Crippen molar-refractivity contribution < 1.29 is 4.79 Å². The van der Waals surface area contributed by atoms with Crippen molar-refractivity contribution in [2.75, 3.05) is 5.32 Å². The molecule has 1 saturated carbocycles. The van der Waals surface area contributed by atoms with Crippen molar-refractivity contribution >= 4 is 23.2 Å². The van der Waals surface area contributed by atoms with E-state index in [2.05, 4.69) is 10.4 Å². The lowest BCUT2D eigenvalue weighted by atomic mass is 10.1. The molecule has 110 valence electrons. The van der Waals surface area contributed by atoms with Crippen molar-refractivity contribution in [1.29, 1.82) is 0 Å². The second-order valence-corrected chi connectivity index (χ2v) is 5.96. The number of nitrogens with zero attached hydrogens (tertiary/aromatic N) is 2. The van der Waals surface area contributed by atoms with E-state index in [4.69, 9.17) is 11.6 Å². The number of halogens is 1. The minimum atomic E-state index is 0.120. The SMILES string of the molecule is O=C(Nc1cnn(Cc2cccc(Cl)c2)c1)C1CCCC1. The molecule has 1 fully saturated rings. The summed E-state index contributed by atoms with van der Waals surface area (Å²) in [5.74, 6) is 0.288. The summed E-state index contributed by atoms with van der Waals surface area (Å²) in [6.45, 7) is 0.639. The summed E-state index contributed by atoms with van der Waals surface area (Å²) in [6.07, 6.45) is 7.87. The van der Waals surface area contributed by atoms with Crippen LogP contribution < -0.4 is 5.32 Å². The van der Waals surface area contributed by atoms with Gasteiger partial charge in [0.2, 0.25) is 5.91 Å². The van der Waals surface area contributed by atoms with Crippen LogP contribution in [0.4, 0.5) is 5.69 Å². The Morgan fingerprint density at radius 1 is 1.38 bits per heavy atom. The van der Waals surface area contributed by atoms with Crippen molar-refractivity contribution in [3.05, 3.63) is 47.2 Å². The van der Waals surface area contributed by atoms with E-state index in [1.54, 1.807) is 10.9 Å². The van der Waals surface area contributed by atoms with Crippen molar-refractivity contribution in [1.82, 2.24) is 9.78 Å². The second-order valence-electron chi connectivity index (χ2n) is 5.53. The lowest BCUT2D eigenvalue weighted by Crippen LogP contribution is -2.19. The normalized spacial score (nSPS) is 15.3. The molecule has 1 aromatic heterocycles. The van der Waals surface area contributed by atoms with E-state index in [9.17, 15) is 4.79 Å². The van der Waals surface area contributed by atoms with Crippen LogP contribution >= 0.6 is 11.6 Å². The number of anilines is 1. The van der Waals surface area contributed by atoms with E-state index in [1.807, 2.05) is 30.5 Å². The van der Waals surface area contributed by atoms with Gasteiger partial charge in [-0.15, -0.1) is 0 Å². The van der Waals surface area contributed by atoms with Crippen molar-refractivity contribution in [2.24, 2.45) is 5.92 Å². The molecule has 1 aromatic carbocycles. The fourth-order valence-electron chi connectivity index (χ4n) is 2.77. The Labute approximate surface area is 129 Å². The quantitative estimate of drug-likeness (QED) is 0.936. The molecule has 4 nitrogen and oxygen atoms in total. The van der Waals surface area contributed by atoms with Crippen molar-refractivity contribution in [2.45, 2.75) is 32.2 Å². The van der Waals surface area contributed by atoms with Gasteiger partial charge in [0.05, 0.1) is 18.4 Å². The summed E-state index contributed by atoms with van der Waals surface area (Å²) in [4.78, 5) is 12.1. The van der Waals surface area contributed by atoms with E-state index in [-0.39, 0.29) is 11.8 Å². The zero-order valence-electron chi connectivity index (χ0n) is 11.8. The number of hydrogen-bond acceptors (Lipinski definition) is 2. The molecule has 1 heterocycles. The first-order valence-electron chi connectivity index (χ1n) is 7.28. The van der Waals surface area contributed by atoms with Crippen LogP contribution in [-0.4, -0.2) is 15.7 Å². The number of amides is 1. The number of carbonyl (C=O) groups excluding carboxylic acids is 1. The molecule has 1 amide bonds. The van der Waals surface area contributed by atoms with Gasteiger partial charge in [-0.25, -0.2) is 0 Å². The van der Waals surface area contributed by atoms with Gasteiger partial charge in [-0.05, 0) is 30.5 Å². The predicted octanol–water partition coefficient (Wildman–Crippen LogP) is 3.71. The standard InChI is InChI=1S/C16H18ClN3O/c17-14-7-3-4-12(8-14)10-20-11-15(9-18-20)19-16(21)13-5-1-2-6-13/h3-4,7-9,11,13H,1-2,5-6,10H2,(H,19,21). The smallest absolute Gasteiger partial charge is 0.227 e. The summed E-state index contributed by atoms with van der Waals surface area (Å²) in [5, 5.41) is 7.95. The zero-order valence-corrected chi connectivity index (χ0v) is 12.5. The lowest BCUT2D eigenvalue weighted by molar-refractivity contribution is -0.119. The van der Waals surface area contributed by atoms with E-state index < -0.39 is 0 Å². The van der Waals surface area contributed by atoms with E-state index in [0.717, 1.165) is 42.0 Å². The molecule has 1 N–H and O–H groups in total. The summed E-state index contributed by atoms with van der Waals surface area (Å²) >= 11 is 5.97. The molecule has 0 saturated heterocycles. The fraction of sp³-hybridized carbons (Fsp3) is 0.375. The number of benzene rings is 1. The maximum Gasteiger partial charge on any atom is 0.227 e. The largest absolute Gasteiger partial charge is 0.323 e. The molecular formula is C16H18ClN3O. The average Bonchev–Trinajstić information content (AvgIpc) is 3.10. The first-order valence-corrected chi connectivity index (χ1v) is 7.66.